The third-order valence-corrected chi connectivity index (χ3v) is 3.63. The summed E-state index contributed by atoms with van der Waals surface area (Å²) in [6, 6.07) is 4.58. The van der Waals surface area contributed by atoms with Crippen molar-refractivity contribution in [3.63, 3.8) is 0 Å². The van der Waals surface area contributed by atoms with Gasteiger partial charge >= 0.3 is 0 Å². The summed E-state index contributed by atoms with van der Waals surface area (Å²) in [5.74, 6) is 6.37. The Bertz CT molecular complexity index is 378. The summed E-state index contributed by atoms with van der Waals surface area (Å²) in [6.45, 7) is 11.3. The fourth-order valence-electron chi connectivity index (χ4n) is 2.86. The fraction of sp³-hybridized carbons (Fsp3) is 0.706. The monoisotopic (exact) mass is 277 g/mol. The van der Waals surface area contributed by atoms with Gasteiger partial charge < -0.3 is 0 Å². The van der Waals surface area contributed by atoms with E-state index in [0.717, 1.165) is 25.0 Å². The zero-order chi connectivity index (χ0) is 15.2. The van der Waals surface area contributed by atoms with Gasteiger partial charge in [0.05, 0.1) is 0 Å². The van der Waals surface area contributed by atoms with Crippen molar-refractivity contribution in [2.75, 3.05) is 0 Å². The Morgan fingerprint density at radius 3 is 2.45 bits per heavy atom. The molecule has 1 heterocycles. The van der Waals surface area contributed by atoms with Crippen LogP contribution in [0.1, 0.15) is 58.7 Å². The predicted octanol–water partition coefficient (Wildman–Crippen LogP) is 3.48. The van der Waals surface area contributed by atoms with Crippen molar-refractivity contribution in [2.45, 2.75) is 66.3 Å². The summed E-state index contributed by atoms with van der Waals surface area (Å²) < 4.78 is 0. The lowest BCUT2D eigenvalue weighted by Crippen LogP contribution is -2.38. The molecule has 0 aliphatic rings. The SMILES string of the molecule is CCc1ccc(CC(CC(C)CC(C)(C)C)NN)nc1. The van der Waals surface area contributed by atoms with Gasteiger partial charge in [0.25, 0.3) is 0 Å². The molecular formula is C17H31N3. The zero-order valence-corrected chi connectivity index (χ0v) is 13.7. The molecule has 2 atom stereocenters. The van der Waals surface area contributed by atoms with Crippen LogP contribution in [-0.2, 0) is 12.8 Å². The van der Waals surface area contributed by atoms with Crippen molar-refractivity contribution >= 4 is 0 Å². The van der Waals surface area contributed by atoms with Crippen LogP contribution >= 0.6 is 0 Å². The largest absolute Gasteiger partial charge is 0.271 e. The molecular weight excluding hydrogens is 246 g/mol. The van der Waals surface area contributed by atoms with Crippen molar-refractivity contribution in [3.05, 3.63) is 29.6 Å². The molecule has 3 nitrogen and oxygen atoms in total. The van der Waals surface area contributed by atoms with E-state index in [1.165, 1.54) is 12.0 Å². The highest BCUT2D eigenvalue weighted by Crippen LogP contribution is 2.27. The highest BCUT2D eigenvalue weighted by atomic mass is 15.2. The van der Waals surface area contributed by atoms with E-state index in [0.29, 0.717) is 17.4 Å². The summed E-state index contributed by atoms with van der Waals surface area (Å²) in [7, 11) is 0. The zero-order valence-electron chi connectivity index (χ0n) is 13.7. The molecule has 114 valence electrons. The van der Waals surface area contributed by atoms with Gasteiger partial charge in [0.15, 0.2) is 0 Å². The van der Waals surface area contributed by atoms with Gasteiger partial charge in [0.2, 0.25) is 0 Å². The minimum absolute atomic E-state index is 0.298. The number of rotatable bonds is 7. The Kier molecular flexibility index (Phi) is 6.63. The van der Waals surface area contributed by atoms with Crippen LogP contribution in [0.4, 0.5) is 0 Å². The summed E-state index contributed by atoms with van der Waals surface area (Å²) in [5.41, 5.74) is 5.73. The lowest BCUT2D eigenvalue weighted by Gasteiger charge is -2.26. The van der Waals surface area contributed by atoms with Crippen LogP contribution in [0.25, 0.3) is 0 Å². The molecule has 0 saturated carbocycles. The van der Waals surface area contributed by atoms with Crippen molar-refractivity contribution in [1.29, 1.82) is 0 Å². The third kappa shape index (κ3) is 6.49. The molecule has 1 rings (SSSR count). The van der Waals surface area contributed by atoms with Crippen LogP contribution in [0.5, 0.6) is 0 Å². The first kappa shape index (κ1) is 17.1. The van der Waals surface area contributed by atoms with E-state index in [2.05, 4.69) is 57.2 Å². The molecule has 20 heavy (non-hydrogen) atoms. The number of hydrogen-bond acceptors (Lipinski definition) is 3. The molecule has 3 N–H and O–H groups in total. The quantitative estimate of drug-likeness (QED) is 0.592. The Hall–Kier alpha value is -0.930. The summed E-state index contributed by atoms with van der Waals surface area (Å²) in [5, 5.41) is 0. The van der Waals surface area contributed by atoms with Crippen LogP contribution < -0.4 is 11.3 Å². The lowest BCUT2D eigenvalue weighted by molar-refractivity contribution is 0.274. The second kappa shape index (κ2) is 7.75. The van der Waals surface area contributed by atoms with E-state index in [4.69, 9.17) is 5.84 Å². The number of aryl methyl sites for hydroxylation is 1. The lowest BCUT2D eigenvalue weighted by atomic mass is 9.82. The second-order valence-corrected chi connectivity index (χ2v) is 7.18. The van der Waals surface area contributed by atoms with E-state index in [-0.39, 0.29) is 0 Å². The number of pyridine rings is 1. The van der Waals surface area contributed by atoms with Gasteiger partial charge in [-0.2, -0.15) is 0 Å². The molecule has 1 aromatic rings. The molecule has 0 aliphatic carbocycles. The maximum absolute atomic E-state index is 5.71. The molecule has 0 radical (unpaired) electrons. The predicted molar refractivity (Wildman–Crippen MR) is 86.3 cm³/mol. The van der Waals surface area contributed by atoms with Gasteiger partial charge in [0, 0.05) is 24.4 Å². The molecule has 1 aromatic heterocycles. The molecule has 2 unspecified atom stereocenters. The van der Waals surface area contributed by atoms with Gasteiger partial charge in [-0.1, -0.05) is 40.7 Å². The maximum Gasteiger partial charge on any atom is 0.0419 e. The normalized spacial score (nSPS) is 15.1. The molecule has 3 heteroatoms. The highest BCUT2D eigenvalue weighted by molar-refractivity contribution is 5.14. The first-order chi connectivity index (χ1) is 9.34. The topological polar surface area (TPSA) is 50.9 Å². The highest BCUT2D eigenvalue weighted by Gasteiger charge is 2.19. The van der Waals surface area contributed by atoms with Gasteiger partial charge in [-0.15, -0.1) is 0 Å². The average Bonchev–Trinajstić information content (AvgIpc) is 2.36. The third-order valence-electron chi connectivity index (χ3n) is 3.63. The fourth-order valence-corrected chi connectivity index (χ4v) is 2.86. The number of nitrogens with two attached hydrogens (primary N) is 1. The van der Waals surface area contributed by atoms with Crippen molar-refractivity contribution < 1.29 is 0 Å². The van der Waals surface area contributed by atoms with Gasteiger partial charge in [0.1, 0.15) is 0 Å². The first-order valence-electron chi connectivity index (χ1n) is 7.74. The number of nitrogens with one attached hydrogen (secondary N) is 1. The number of nitrogens with zero attached hydrogens (tertiary/aromatic N) is 1. The second-order valence-electron chi connectivity index (χ2n) is 7.18. The Balaban J connectivity index is 2.53. The van der Waals surface area contributed by atoms with E-state index in [9.17, 15) is 0 Å². The van der Waals surface area contributed by atoms with Crippen molar-refractivity contribution in [2.24, 2.45) is 17.2 Å². The molecule has 0 amide bonds. The summed E-state index contributed by atoms with van der Waals surface area (Å²) in [4.78, 5) is 4.52. The smallest absolute Gasteiger partial charge is 0.0419 e. The van der Waals surface area contributed by atoms with Gasteiger partial charge in [-0.05, 0) is 42.2 Å². The van der Waals surface area contributed by atoms with E-state index < -0.39 is 0 Å². The Labute approximate surface area is 124 Å². The average molecular weight is 277 g/mol. The minimum atomic E-state index is 0.298. The summed E-state index contributed by atoms with van der Waals surface area (Å²) >= 11 is 0. The van der Waals surface area contributed by atoms with Crippen LogP contribution in [0.3, 0.4) is 0 Å². The molecule has 0 spiro atoms. The molecule has 0 bridgehead atoms. The van der Waals surface area contributed by atoms with Gasteiger partial charge in [-0.3, -0.25) is 16.3 Å². The maximum atomic E-state index is 5.71. The van der Waals surface area contributed by atoms with E-state index in [1.54, 1.807) is 0 Å². The summed E-state index contributed by atoms with van der Waals surface area (Å²) in [6.07, 6.45) is 6.21. The minimum Gasteiger partial charge on any atom is -0.271 e. The standard InChI is InChI=1S/C17H31N3/c1-6-14-7-8-15(19-12-14)10-16(20-18)9-13(2)11-17(3,4)5/h7-8,12-13,16,20H,6,9-11,18H2,1-5H3. The van der Waals surface area contributed by atoms with Crippen LogP contribution in [0.15, 0.2) is 18.3 Å². The van der Waals surface area contributed by atoms with E-state index in [1.807, 2.05) is 6.20 Å². The van der Waals surface area contributed by atoms with Crippen LogP contribution in [0, 0.1) is 11.3 Å². The molecule has 0 fully saturated rings. The van der Waals surface area contributed by atoms with Crippen LogP contribution in [-0.4, -0.2) is 11.0 Å². The molecule has 0 aromatic carbocycles. The molecule has 0 saturated heterocycles. The van der Waals surface area contributed by atoms with Crippen molar-refractivity contribution in [3.8, 4) is 0 Å². The number of aromatic nitrogens is 1. The Morgan fingerprint density at radius 2 is 2.00 bits per heavy atom. The number of hydrazine groups is 1. The van der Waals surface area contributed by atoms with Crippen molar-refractivity contribution in [1.82, 2.24) is 10.4 Å². The molecule has 0 aliphatic heterocycles. The van der Waals surface area contributed by atoms with Gasteiger partial charge in [-0.25, -0.2) is 0 Å². The number of hydrogen-bond donors (Lipinski definition) is 2. The first-order valence-corrected chi connectivity index (χ1v) is 7.74. The van der Waals surface area contributed by atoms with E-state index >= 15 is 0 Å². The Morgan fingerprint density at radius 1 is 1.30 bits per heavy atom. The van der Waals surface area contributed by atoms with Crippen LogP contribution in [0.2, 0.25) is 0 Å².